The number of hydrogen-bond donors (Lipinski definition) is 1. The highest BCUT2D eigenvalue weighted by Gasteiger charge is 2.34. The fourth-order valence-corrected chi connectivity index (χ4v) is 3.47. The minimum Gasteiger partial charge on any atom is -0.325 e. The van der Waals surface area contributed by atoms with Gasteiger partial charge in [0, 0.05) is 21.3 Å². The Morgan fingerprint density at radius 2 is 2.00 bits per heavy atom. The molecule has 1 heterocycles. The van der Waals surface area contributed by atoms with Crippen molar-refractivity contribution in [1.82, 2.24) is 4.90 Å². The molecule has 4 heteroatoms. The minimum atomic E-state index is -0.0784. The van der Waals surface area contributed by atoms with Crippen LogP contribution in [0.1, 0.15) is 33.6 Å². The summed E-state index contributed by atoms with van der Waals surface area (Å²) < 4.78 is 1.13. The summed E-state index contributed by atoms with van der Waals surface area (Å²) in [5.41, 5.74) is 0.878. The average molecular weight is 372 g/mol. The third-order valence-electron chi connectivity index (χ3n) is 3.94. The Hall–Kier alpha value is -0.620. The molecule has 1 N–H and O–H groups in total. The van der Waals surface area contributed by atoms with Crippen molar-refractivity contribution in [2.45, 2.75) is 51.7 Å². The van der Waals surface area contributed by atoms with Gasteiger partial charge in [-0.15, -0.1) is 0 Å². The third-order valence-corrected chi connectivity index (χ3v) is 4.61. The molecule has 3 nitrogen and oxygen atoms in total. The summed E-state index contributed by atoms with van der Waals surface area (Å²) in [6.45, 7) is 6.42. The first-order valence-electron chi connectivity index (χ1n) is 6.83. The predicted molar refractivity (Wildman–Crippen MR) is 87.2 cm³/mol. The molecule has 0 saturated carbocycles. The van der Waals surface area contributed by atoms with Gasteiger partial charge in [-0.1, -0.05) is 6.07 Å². The number of rotatable bonds is 3. The summed E-state index contributed by atoms with van der Waals surface area (Å²) >= 11 is 2.25. The summed E-state index contributed by atoms with van der Waals surface area (Å²) in [6.07, 6.45) is 2.37. The molecule has 3 atom stereocenters. The van der Waals surface area contributed by atoms with Crippen LogP contribution in [0.25, 0.3) is 0 Å². The Kier molecular flexibility index (Phi) is 4.84. The lowest BCUT2D eigenvalue weighted by atomic mass is 10.2. The van der Waals surface area contributed by atoms with Gasteiger partial charge in [-0.05, 0) is 74.4 Å². The quantitative estimate of drug-likeness (QED) is 0.824. The van der Waals surface area contributed by atoms with Crippen molar-refractivity contribution in [1.29, 1.82) is 0 Å². The number of nitrogens with one attached hydrogen (secondary N) is 1. The standard InChI is InChI=1S/C15H21IN2O/c1-10-7-8-11(2)18(10)12(3)15(19)17-14-6-4-5-13(16)9-14/h4-6,9-12H,7-8H2,1-3H3,(H,17,19). The Morgan fingerprint density at radius 3 is 2.58 bits per heavy atom. The van der Waals surface area contributed by atoms with Crippen LogP contribution in [-0.2, 0) is 4.79 Å². The maximum absolute atomic E-state index is 12.3. The molecule has 0 radical (unpaired) electrons. The topological polar surface area (TPSA) is 32.3 Å². The average Bonchev–Trinajstić information content (AvgIpc) is 2.68. The SMILES string of the molecule is CC1CCC(C)N1C(C)C(=O)Nc1cccc(I)c1. The van der Waals surface area contributed by atoms with Crippen molar-refractivity contribution in [2.24, 2.45) is 0 Å². The normalized spacial score (nSPS) is 25.3. The second-order valence-corrected chi connectivity index (χ2v) is 6.64. The van der Waals surface area contributed by atoms with E-state index in [2.05, 4.69) is 46.7 Å². The number of nitrogens with zero attached hydrogens (tertiary/aromatic N) is 1. The number of amides is 1. The lowest BCUT2D eigenvalue weighted by Gasteiger charge is -2.31. The van der Waals surface area contributed by atoms with E-state index in [9.17, 15) is 4.79 Å². The fraction of sp³-hybridized carbons (Fsp3) is 0.533. The number of carbonyl (C=O) groups excluding carboxylic acids is 1. The monoisotopic (exact) mass is 372 g/mol. The van der Waals surface area contributed by atoms with E-state index in [1.165, 1.54) is 12.8 Å². The Balaban J connectivity index is 2.03. The molecule has 104 valence electrons. The molecule has 1 amide bonds. The van der Waals surface area contributed by atoms with E-state index in [-0.39, 0.29) is 11.9 Å². The Morgan fingerprint density at radius 1 is 1.37 bits per heavy atom. The van der Waals surface area contributed by atoms with Gasteiger partial charge in [-0.3, -0.25) is 9.69 Å². The van der Waals surface area contributed by atoms with Crippen LogP contribution in [0.3, 0.4) is 0 Å². The molecule has 0 spiro atoms. The highest BCUT2D eigenvalue weighted by molar-refractivity contribution is 14.1. The van der Waals surface area contributed by atoms with E-state index in [4.69, 9.17) is 0 Å². The minimum absolute atomic E-state index is 0.0784. The third kappa shape index (κ3) is 3.48. The van der Waals surface area contributed by atoms with Crippen molar-refractivity contribution in [3.05, 3.63) is 27.8 Å². The molecule has 1 aliphatic heterocycles. The van der Waals surface area contributed by atoms with Crippen molar-refractivity contribution in [3.63, 3.8) is 0 Å². The van der Waals surface area contributed by atoms with Crippen LogP contribution < -0.4 is 5.32 Å². The summed E-state index contributed by atoms with van der Waals surface area (Å²) in [6, 6.07) is 8.81. The zero-order valence-corrected chi connectivity index (χ0v) is 13.8. The van der Waals surface area contributed by atoms with Crippen LogP contribution in [-0.4, -0.2) is 28.9 Å². The molecular formula is C15H21IN2O. The first kappa shape index (κ1) is 14.8. The molecule has 2 rings (SSSR count). The maximum Gasteiger partial charge on any atom is 0.241 e. The highest BCUT2D eigenvalue weighted by Crippen LogP contribution is 2.26. The molecule has 3 unspecified atom stereocenters. The van der Waals surface area contributed by atoms with E-state index >= 15 is 0 Å². The van der Waals surface area contributed by atoms with E-state index in [0.717, 1.165) is 9.26 Å². The lowest BCUT2D eigenvalue weighted by Crippen LogP contribution is -2.46. The maximum atomic E-state index is 12.3. The zero-order valence-electron chi connectivity index (χ0n) is 11.7. The summed E-state index contributed by atoms with van der Waals surface area (Å²) in [5, 5.41) is 3.02. The van der Waals surface area contributed by atoms with Crippen molar-refractivity contribution in [2.75, 3.05) is 5.32 Å². The Bertz CT molecular complexity index is 453. The van der Waals surface area contributed by atoms with Crippen LogP contribution in [0, 0.1) is 3.57 Å². The smallest absolute Gasteiger partial charge is 0.241 e. The second-order valence-electron chi connectivity index (χ2n) is 5.40. The van der Waals surface area contributed by atoms with Crippen LogP contribution in [0.5, 0.6) is 0 Å². The van der Waals surface area contributed by atoms with Crippen LogP contribution in [0.15, 0.2) is 24.3 Å². The summed E-state index contributed by atoms with van der Waals surface area (Å²) in [7, 11) is 0. The van der Waals surface area contributed by atoms with Gasteiger partial charge in [-0.2, -0.15) is 0 Å². The highest BCUT2D eigenvalue weighted by atomic mass is 127. The van der Waals surface area contributed by atoms with E-state index in [0.29, 0.717) is 12.1 Å². The van der Waals surface area contributed by atoms with Gasteiger partial charge in [0.25, 0.3) is 0 Å². The van der Waals surface area contributed by atoms with Gasteiger partial charge in [0.15, 0.2) is 0 Å². The first-order valence-corrected chi connectivity index (χ1v) is 7.91. The van der Waals surface area contributed by atoms with E-state index < -0.39 is 0 Å². The molecule has 0 aliphatic carbocycles. The molecule has 1 aromatic rings. The molecule has 0 aromatic heterocycles. The van der Waals surface area contributed by atoms with Gasteiger partial charge in [0.05, 0.1) is 6.04 Å². The predicted octanol–water partition coefficient (Wildman–Crippen LogP) is 3.49. The molecule has 1 aromatic carbocycles. The van der Waals surface area contributed by atoms with Crippen LogP contribution in [0.2, 0.25) is 0 Å². The molecule has 1 aliphatic rings. The molecule has 1 fully saturated rings. The molecule has 1 saturated heterocycles. The lowest BCUT2D eigenvalue weighted by molar-refractivity contribution is -0.121. The van der Waals surface area contributed by atoms with Gasteiger partial charge < -0.3 is 5.32 Å². The van der Waals surface area contributed by atoms with Crippen molar-refractivity contribution >= 4 is 34.2 Å². The summed E-state index contributed by atoms with van der Waals surface area (Å²) in [4.78, 5) is 14.7. The van der Waals surface area contributed by atoms with E-state index in [1.54, 1.807) is 0 Å². The number of anilines is 1. The largest absolute Gasteiger partial charge is 0.325 e. The summed E-state index contributed by atoms with van der Waals surface area (Å²) in [5.74, 6) is 0.0857. The number of carbonyl (C=O) groups is 1. The number of likely N-dealkylation sites (tertiary alicyclic amines) is 1. The second kappa shape index (κ2) is 6.22. The molecular weight excluding hydrogens is 351 g/mol. The van der Waals surface area contributed by atoms with Crippen molar-refractivity contribution < 1.29 is 4.79 Å². The van der Waals surface area contributed by atoms with E-state index in [1.807, 2.05) is 31.2 Å². The van der Waals surface area contributed by atoms with Crippen LogP contribution in [0.4, 0.5) is 5.69 Å². The molecule has 19 heavy (non-hydrogen) atoms. The van der Waals surface area contributed by atoms with Gasteiger partial charge >= 0.3 is 0 Å². The van der Waals surface area contributed by atoms with Gasteiger partial charge in [0.2, 0.25) is 5.91 Å². The van der Waals surface area contributed by atoms with Gasteiger partial charge in [0.1, 0.15) is 0 Å². The number of halogens is 1. The van der Waals surface area contributed by atoms with Crippen molar-refractivity contribution in [3.8, 4) is 0 Å². The molecule has 0 bridgehead atoms. The first-order chi connectivity index (χ1) is 8.99. The number of hydrogen-bond acceptors (Lipinski definition) is 2. The van der Waals surface area contributed by atoms with Gasteiger partial charge in [-0.25, -0.2) is 0 Å². The fourth-order valence-electron chi connectivity index (χ4n) is 2.93. The van der Waals surface area contributed by atoms with Crippen LogP contribution >= 0.6 is 22.6 Å². The zero-order chi connectivity index (χ0) is 14.0. The number of benzene rings is 1. The Labute approximate surface area is 128 Å².